The fourth-order valence-electron chi connectivity index (χ4n) is 2.75. The van der Waals surface area contributed by atoms with Crippen molar-refractivity contribution >= 4 is 17.7 Å². The second-order valence-electron chi connectivity index (χ2n) is 5.73. The number of carbonyl (C=O) groups excluding carboxylic acids is 3. The zero-order chi connectivity index (χ0) is 17.0. The van der Waals surface area contributed by atoms with Gasteiger partial charge in [-0.1, -0.05) is 6.92 Å². The highest BCUT2D eigenvalue weighted by Gasteiger charge is 2.29. The standard InChI is InChI=1S/C15H23N5O3/c1-3-13-17-4-5-19(13)10-14(22)20-7-6-18(11(2)21)8-12(9-20)15(16)23/h4-5,12H,3,6-10H2,1-2H3,(H2,16,23). The molecule has 1 aliphatic rings. The molecule has 0 aromatic carbocycles. The van der Waals surface area contributed by atoms with Crippen LogP contribution in [0.1, 0.15) is 19.7 Å². The molecule has 1 unspecified atom stereocenters. The number of hydrogen-bond acceptors (Lipinski definition) is 4. The monoisotopic (exact) mass is 321 g/mol. The second-order valence-corrected chi connectivity index (χ2v) is 5.73. The summed E-state index contributed by atoms with van der Waals surface area (Å²) in [6.45, 7) is 4.92. The lowest BCUT2D eigenvalue weighted by atomic mass is 10.1. The predicted molar refractivity (Wildman–Crippen MR) is 83.1 cm³/mol. The summed E-state index contributed by atoms with van der Waals surface area (Å²) in [7, 11) is 0. The molecule has 23 heavy (non-hydrogen) atoms. The quantitative estimate of drug-likeness (QED) is 0.787. The molecule has 126 valence electrons. The Bertz CT molecular complexity index is 598. The van der Waals surface area contributed by atoms with Gasteiger partial charge in [0.15, 0.2) is 0 Å². The summed E-state index contributed by atoms with van der Waals surface area (Å²) in [4.78, 5) is 43.1. The minimum atomic E-state index is -0.543. The van der Waals surface area contributed by atoms with Gasteiger partial charge in [-0.05, 0) is 0 Å². The van der Waals surface area contributed by atoms with E-state index in [9.17, 15) is 14.4 Å². The molecule has 1 aromatic rings. The van der Waals surface area contributed by atoms with E-state index in [0.717, 1.165) is 12.2 Å². The fourth-order valence-corrected chi connectivity index (χ4v) is 2.75. The van der Waals surface area contributed by atoms with Crippen molar-refractivity contribution in [2.24, 2.45) is 11.7 Å². The van der Waals surface area contributed by atoms with Crippen LogP contribution in [0, 0.1) is 5.92 Å². The van der Waals surface area contributed by atoms with Crippen LogP contribution in [0.25, 0.3) is 0 Å². The first-order valence-corrected chi connectivity index (χ1v) is 7.75. The van der Waals surface area contributed by atoms with Crippen molar-refractivity contribution in [3.05, 3.63) is 18.2 Å². The number of aromatic nitrogens is 2. The largest absolute Gasteiger partial charge is 0.369 e. The Morgan fingerprint density at radius 3 is 2.52 bits per heavy atom. The minimum absolute atomic E-state index is 0.102. The molecule has 0 spiro atoms. The SMILES string of the molecule is CCc1nccn1CC(=O)N1CCN(C(C)=O)CC(C(N)=O)C1. The molecular weight excluding hydrogens is 298 g/mol. The molecule has 8 nitrogen and oxygen atoms in total. The average molecular weight is 321 g/mol. The summed E-state index contributed by atoms with van der Waals surface area (Å²) < 4.78 is 1.80. The van der Waals surface area contributed by atoms with Gasteiger partial charge in [0.05, 0.1) is 5.92 Å². The van der Waals surface area contributed by atoms with Crippen LogP contribution in [0.4, 0.5) is 0 Å². The van der Waals surface area contributed by atoms with E-state index >= 15 is 0 Å². The van der Waals surface area contributed by atoms with Crippen molar-refractivity contribution < 1.29 is 14.4 Å². The van der Waals surface area contributed by atoms with Crippen LogP contribution in [0.3, 0.4) is 0 Å². The zero-order valence-corrected chi connectivity index (χ0v) is 13.6. The zero-order valence-electron chi connectivity index (χ0n) is 13.6. The lowest BCUT2D eigenvalue weighted by Crippen LogP contribution is -2.41. The molecule has 8 heteroatoms. The lowest BCUT2D eigenvalue weighted by Gasteiger charge is -2.23. The number of primary amides is 1. The molecule has 0 radical (unpaired) electrons. The van der Waals surface area contributed by atoms with Crippen molar-refractivity contribution in [2.75, 3.05) is 26.2 Å². The van der Waals surface area contributed by atoms with Crippen LogP contribution in [0.2, 0.25) is 0 Å². The Balaban J connectivity index is 2.09. The highest BCUT2D eigenvalue weighted by molar-refractivity contribution is 5.81. The highest BCUT2D eigenvalue weighted by atomic mass is 16.2. The van der Waals surface area contributed by atoms with Gasteiger partial charge in [0.25, 0.3) is 0 Å². The summed E-state index contributed by atoms with van der Waals surface area (Å²) >= 11 is 0. The van der Waals surface area contributed by atoms with E-state index < -0.39 is 11.8 Å². The molecule has 1 aromatic heterocycles. The summed E-state index contributed by atoms with van der Waals surface area (Å²) in [6, 6.07) is 0. The summed E-state index contributed by atoms with van der Waals surface area (Å²) in [5.41, 5.74) is 5.41. The maximum atomic E-state index is 12.6. The van der Waals surface area contributed by atoms with Gasteiger partial charge in [-0.25, -0.2) is 4.98 Å². The van der Waals surface area contributed by atoms with Crippen LogP contribution in [0.5, 0.6) is 0 Å². The molecular formula is C15H23N5O3. The molecule has 0 bridgehead atoms. The third kappa shape index (κ3) is 4.08. The Kier molecular flexibility index (Phi) is 5.36. The molecule has 1 saturated heterocycles. The highest BCUT2D eigenvalue weighted by Crippen LogP contribution is 2.11. The molecule has 2 heterocycles. The Labute approximate surface area is 135 Å². The number of aryl methyl sites for hydroxylation is 1. The number of carbonyl (C=O) groups is 3. The van der Waals surface area contributed by atoms with Crippen LogP contribution < -0.4 is 5.73 Å². The van der Waals surface area contributed by atoms with Crippen molar-refractivity contribution in [3.63, 3.8) is 0 Å². The predicted octanol–water partition coefficient (Wildman–Crippen LogP) is -0.762. The normalized spacial score (nSPS) is 18.6. The number of nitrogens with zero attached hydrogens (tertiary/aromatic N) is 4. The van der Waals surface area contributed by atoms with Crippen LogP contribution in [-0.2, 0) is 27.3 Å². The smallest absolute Gasteiger partial charge is 0.242 e. The van der Waals surface area contributed by atoms with E-state index in [1.54, 1.807) is 26.8 Å². The molecule has 1 atom stereocenters. The first-order chi connectivity index (χ1) is 10.9. The molecule has 3 amide bonds. The van der Waals surface area contributed by atoms with E-state index in [1.165, 1.54) is 6.92 Å². The minimum Gasteiger partial charge on any atom is -0.369 e. The summed E-state index contributed by atoms with van der Waals surface area (Å²) in [5.74, 6) is -0.417. The Morgan fingerprint density at radius 1 is 1.26 bits per heavy atom. The number of rotatable bonds is 4. The van der Waals surface area contributed by atoms with Crippen molar-refractivity contribution in [1.82, 2.24) is 19.4 Å². The van der Waals surface area contributed by atoms with Crippen LogP contribution in [-0.4, -0.2) is 63.3 Å². The van der Waals surface area contributed by atoms with Gasteiger partial charge in [0, 0.05) is 51.9 Å². The number of nitrogens with two attached hydrogens (primary N) is 1. The molecule has 2 N–H and O–H groups in total. The Hall–Kier alpha value is -2.38. The van der Waals surface area contributed by atoms with E-state index in [-0.39, 0.29) is 31.4 Å². The average Bonchev–Trinajstić information content (AvgIpc) is 2.81. The molecule has 2 rings (SSSR count). The first kappa shape index (κ1) is 17.0. The van der Waals surface area contributed by atoms with Gasteiger partial charge in [0.1, 0.15) is 12.4 Å². The fraction of sp³-hybridized carbons (Fsp3) is 0.600. The van der Waals surface area contributed by atoms with E-state index in [4.69, 9.17) is 5.73 Å². The van der Waals surface area contributed by atoms with Crippen molar-refractivity contribution in [2.45, 2.75) is 26.8 Å². The third-order valence-electron chi connectivity index (χ3n) is 4.15. The van der Waals surface area contributed by atoms with Crippen molar-refractivity contribution in [1.29, 1.82) is 0 Å². The van der Waals surface area contributed by atoms with E-state index in [2.05, 4.69) is 4.98 Å². The van der Waals surface area contributed by atoms with Gasteiger partial charge in [0.2, 0.25) is 17.7 Å². The Morgan fingerprint density at radius 2 is 1.91 bits per heavy atom. The first-order valence-electron chi connectivity index (χ1n) is 7.75. The molecule has 1 fully saturated rings. The number of hydrogen-bond donors (Lipinski definition) is 1. The third-order valence-corrected chi connectivity index (χ3v) is 4.15. The van der Waals surface area contributed by atoms with Gasteiger partial charge in [-0.3, -0.25) is 14.4 Å². The van der Waals surface area contributed by atoms with E-state index in [1.807, 2.05) is 6.92 Å². The molecule has 1 aliphatic heterocycles. The van der Waals surface area contributed by atoms with Gasteiger partial charge in [-0.15, -0.1) is 0 Å². The summed E-state index contributed by atoms with van der Waals surface area (Å²) in [5, 5.41) is 0. The van der Waals surface area contributed by atoms with Crippen LogP contribution in [0.15, 0.2) is 12.4 Å². The lowest BCUT2D eigenvalue weighted by molar-refractivity contribution is -0.133. The maximum absolute atomic E-state index is 12.6. The van der Waals surface area contributed by atoms with Gasteiger partial charge >= 0.3 is 0 Å². The summed E-state index contributed by atoms with van der Waals surface area (Å²) in [6.07, 6.45) is 4.17. The maximum Gasteiger partial charge on any atom is 0.242 e. The van der Waals surface area contributed by atoms with Gasteiger partial charge in [-0.2, -0.15) is 0 Å². The second kappa shape index (κ2) is 7.26. The van der Waals surface area contributed by atoms with Crippen LogP contribution >= 0.6 is 0 Å². The molecule has 0 aliphatic carbocycles. The van der Waals surface area contributed by atoms with Gasteiger partial charge < -0.3 is 20.1 Å². The number of imidazole rings is 1. The molecule has 0 saturated carbocycles. The topological polar surface area (TPSA) is 102 Å². The van der Waals surface area contributed by atoms with Crippen molar-refractivity contribution in [3.8, 4) is 0 Å². The van der Waals surface area contributed by atoms with E-state index in [0.29, 0.717) is 13.1 Å². The number of amides is 3.